The lowest BCUT2D eigenvalue weighted by Crippen LogP contribution is -2.50. The third-order valence-corrected chi connectivity index (χ3v) is 10.9. The lowest BCUT2D eigenvalue weighted by Gasteiger charge is -2.33. The number of hydrogen-bond donors (Lipinski definition) is 14. The van der Waals surface area contributed by atoms with Crippen LogP contribution in [-0.2, 0) is 43.2 Å². The number of nitrogens with one attached hydrogen (secondary N) is 5. The molecule has 7 amide bonds. The van der Waals surface area contributed by atoms with E-state index in [0.29, 0.717) is 5.39 Å². The van der Waals surface area contributed by atoms with Gasteiger partial charge in [0.1, 0.15) is 0 Å². The summed E-state index contributed by atoms with van der Waals surface area (Å²) in [7, 11) is -1.87. The molecule has 4 rings (SSSR count). The second-order valence-electron chi connectivity index (χ2n) is 17.2. The number of amides is 7. The van der Waals surface area contributed by atoms with Crippen LogP contribution in [0.2, 0.25) is 0 Å². The second kappa shape index (κ2) is 34.1. The van der Waals surface area contributed by atoms with Crippen molar-refractivity contribution in [2.45, 2.75) is 38.7 Å². The average molecular weight is 1080 g/mol. The van der Waals surface area contributed by atoms with Crippen molar-refractivity contribution in [1.29, 1.82) is 0 Å². The summed E-state index contributed by atoms with van der Waals surface area (Å²) in [5.74, 6) is -8.41. The number of carboxylic acids is 3. The number of rotatable bonds is 21. The number of aliphatic hydroxyl groups is 1. The van der Waals surface area contributed by atoms with Crippen LogP contribution in [0.15, 0.2) is 35.5 Å². The summed E-state index contributed by atoms with van der Waals surface area (Å²) in [5, 5.41) is 67.8. The molecule has 0 spiro atoms. The topological polar surface area (TPSA) is 472 Å². The molecule has 2 aliphatic heterocycles. The number of carboxylic acid groups (broad SMARTS) is 3. The highest BCUT2D eigenvalue weighted by Crippen LogP contribution is 2.24. The molecule has 0 aliphatic carbocycles. The number of likely N-dealkylation sites (tertiary alicyclic amines) is 1. The van der Waals surface area contributed by atoms with Crippen LogP contribution in [0, 0.1) is 0 Å². The first kappa shape index (κ1) is 64.5. The van der Waals surface area contributed by atoms with Crippen LogP contribution < -0.4 is 43.8 Å². The monoisotopic (exact) mass is 1080 g/mol. The van der Waals surface area contributed by atoms with Gasteiger partial charge in [-0.05, 0) is 25.0 Å². The number of aromatic nitrogens is 1. The quantitative estimate of drug-likeness (QED) is 0.0314. The highest BCUT2D eigenvalue weighted by molar-refractivity contribution is 6.43. The number of primary amides is 1. The number of hydrogen-bond acceptors (Lipinski definition) is 19. The summed E-state index contributed by atoms with van der Waals surface area (Å²) in [6, 6.07) is 6.02. The first-order valence-electron chi connectivity index (χ1n) is 23.8. The fraction of sp³-hybridized carbons (Fsp3) is 0.545. The Kier molecular flexibility index (Phi) is 28.9. The van der Waals surface area contributed by atoms with Crippen LogP contribution in [0.3, 0.4) is 0 Å². The summed E-state index contributed by atoms with van der Waals surface area (Å²) >= 11 is 0. The number of aliphatic imine (C=N–C) groups is 1. The maximum absolute atomic E-state index is 13.1. The number of aliphatic carboxylic acids is 3. The Labute approximate surface area is 437 Å². The van der Waals surface area contributed by atoms with E-state index < -0.39 is 105 Å². The number of aliphatic hydroxyl groups excluding tert-OH is 1. The molecular weight excluding hydrogens is 1010 g/mol. The second-order valence-corrected chi connectivity index (χ2v) is 17.2. The van der Waals surface area contributed by atoms with Gasteiger partial charge in [0.25, 0.3) is 11.9 Å². The van der Waals surface area contributed by atoms with Crippen LogP contribution in [0.25, 0.3) is 10.9 Å². The largest absolute Gasteiger partial charge is 0.481 e. The molecule has 1 aromatic heterocycles. The first-order valence-corrected chi connectivity index (χ1v) is 23.8. The van der Waals surface area contributed by atoms with Gasteiger partial charge in [0.15, 0.2) is 5.96 Å². The Morgan fingerprint density at radius 3 is 1.63 bits per heavy atom. The summed E-state index contributed by atoms with van der Waals surface area (Å²) in [6.45, 7) is 2.67. The molecule has 31 nitrogen and oxygen atoms in total. The van der Waals surface area contributed by atoms with E-state index in [1.54, 1.807) is 31.7 Å². The zero-order valence-corrected chi connectivity index (χ0v) is 42.4. The Balaban J connectivity index is 0.00000162. The van der Waals surface area contributed by atoms with Crippen LogP contribution in [-0.4, -0.2) is 262 Å². The number of anilines is 1. The van der Waals surface area contributed by atoms with Gasteiger partial charge in [-0.3, -0.25) is 77.5 Å². The third-order valence-electron chi connectivity index (χ3n) is 10.9. The van der Waals surface area contributed by atoms with Crippen molar-refractivity contribution in [3.05, 3.63) is 36.0 Å². The molecule has 1 aromatic carbocycles. The number of carbonyl (C=O) groups excluding carboxylic acids is 7. The van der Waals surface area contributed by atoms with E-state index in [-0.39, 0.29) is 114 Å². The molecule has 420 valence electrons. The minimum absolute atomic E-state index is 0.0310. The number of β-amino-alcohol motifs (C(OH)–C–C–N with tert-alkyl or cyclic N) is 1. The number of pyridine rings is 1. The Hall–Kier alpha value is -7.62. The minimum Gasteiger partial charge on any atom is -0.481 e. The van der Waals surface area contributed by atoms with Crippen molar-refractivity contribution < 1.29 is 78.4 Å². The van der Waals surface area contributed by atoms with Crippen LogP contribution in [0.4, 0.5) is 5.69 Å². The highest BCUT2D eigenvalue weighted by Gasteiger charge is 2.41. The van der Waals surface area contributed by atoms with Crippen molar-refractivity contribution in [3.63, 3.8) is 0 Å². The normalized spacial score (nSPS) is 16.6. The highest BCUT2D eigenvalue weighted by atomic mass is 16.4. The average Bonchev–Trinajstić information content (AvgIpc) is 3.75. The van der Waals surface area contributed by atoms with Gasteiger partial charge in [0.2, 0.25) is 35.4 Å². The van der Waals surface area contributed by atoms with E-state index in [1.165, 1.54) is 18.3 Å². The number of guanidine groups is 1. The van der Waals surface area contributed by atoms with Gasteiger partial charge in [-0.15, -0.1) is 0 Å². The lowest BCUT2D eigenvalue weighted by molar-refractivity contribution is -0.139. The summed E-state index contributed by atoms with van der Waals surface area (Å²) in [5.41, 5.74) is 15.9. The molecule has 2 saturated heterocycles. The van der Waals surface area contributed by atoms with E-state index in [0.717, 1.165) is 24.8 Å². The summed E-state index contributed by atoms with van der Waals surface area (Å²) in [6.07, 6.45) is 1.34. The van der Waals surface area contributed by atoms with Crippen molar-refractivity contribution in [2.75, 3.05) is 123 Å². The van der Waals surface area contributed by atoms with Crippen molar-refractivity contribution in [1.82, 2.24) is 50.8 Å². The van der Waals surface area contributed by atoms with Gasteiger partial charge >= 0.3 is 19.1 Å². The molecule has 0 radical (unpaired) electrons. The fourth-order valence-electron chi connectivity index (χ4n) is 7.41. The van der Waals surface area contributed by atoms with Gasteiger partial charge in [-0.2, -0.15) is 0 Å². The summed E-state index contributed by atoms with van der Waals surface area (Å²) in [4.78, 5) is 136. The standard InChI is InChI=1S/C38H55BN12O14.C4H11N3.C2H4O2/c40-29(53)20-47-6-10-49(22-35(59)60)12-8-48(9-13-50(11-7-47)23-36(61)62)21-33(57)44-16-31(55)42-15-30(54)43-17-32(56)46-27-3-1-2-25-26(4-5-41-37(25)27)38(63)45-18-34(58)51-19-24(52)14-28(51)39(64)65;1-2-3-7-4(5)6;1-2(3)4/h1-5,24,28,52,64-65H,6-23H2,(H2,40,53)(H,42,55)(H,43,54)(H,44,57)(H,45,63)(H,46,56)(H,59,60)(H,61,62);2-3H2,1H3,(H4,5,6,7);1H3,(H,3,4)/t24-,28-;;/m0../s1. The van der Waals surface area contributed by atoms with E-state index in [2.05, 4.69) is 36.6 Å². The molecular formula is C44H70BN15O16. The van der Waals surface area contributed by atoms with E-state index >= 15 is 0 Å². The molecule has 3 heterocycles. The predicted molar refractivity (Wildman–Crippen MR) is 273 cm³/mol. The Morgan fingerprint density at radius 1 is 0.684 bits per heavy atom. The van der Waals surface area contributed by atoms with Crippen molar-refractivity contribution in [3.8, 4) is 0 Å². The van der Waals surface area contributed by atoms with Crippen LogP contribution in [0.1, 0.15) is 37.0 Å². The predicted octanol–water partition coefficient (Wildman–Crippen LogP) is -7.14. The number of nitrogens with zero attached hydrogens (tertiary/aromatic N) is 7. The molecule has 17 N–H and O–H groups in total. The van der Waals surface area contributed by atoms with Gasteiger partial charge in [-0.1, -0.05) is 19.1 Å². The SMILES string of the molecule is CC(=O)O.CCCN=C(N)N.NC(=O)CN1CCN(CC(=O)O)CCN(CC(=O)NCC(=O)NCC(=O)NCC(=O)Nc2cccc3c(C(=O)NCC(=O)N4C[C@@H](O)C[C@H]4B(O)O)ccnc23)CCN(CC(=O)O)CC1. The first-order chi connectivity index (χ1) is 35.9. The van der Waals surface area contributed by atoms with Gasteiger partial charge in [-0.25, -0.2) is 0 Å². The summed E-state index contributed by atoms with van der Waals surface area (Å²) < 4.78 is 0. The molecule has 2 aliphatic rings. The lowest BCUT2D eigenvalue weighted by atomic mass is 9.77. The third kappa shape index (κ3) is 26.0. The minimum atomic E-state index is -1.87. The van der Waals surface area contributed by atoms with Gasteiger partial charge in [0, 0.05) is 84.0 Å². The number of fused-ring (bicyclic) bond motifs is 1. The molecule has 32 heteroatoms. The zero-order chi connectivity index (χ0) is 56.9. The molecule has 2 fully saturated rings. The van der Waals surface area contributed by atoms with Gasteiger partial charge in [0.05, 0.1) is 81.2 Å². The van der Waals surface area contributed by atoms with Gasteiger partial charge < -0.3 is 79.2 Å². The van der Waals surface area contributed by atoms with Crippen LogP contribution >= 0.6 is 0 Å². The Morgan fingerprint density at radius 2 is 1.17 bits per heavy atom. The molecule has 76 heavy (non-hydrogen) atoms. The number of para-hydroxylation sites is 1. The zero-order valence-electron chi connectivity index (χ0n) is 42.4. The smallest absolute Gasteiger partial charge is 0.475 e. The molecule has 0 bridgehead atoms. The van der Waals surface area contributed by atoms with Crippen molar-refractivity contribution >= 4 is 88.9 Å². The van der Waals surface area contributed by atoms with Crippen LogP contribution in [0.5, 0.6) is 0 Å². The van der Waals surface area contributed by atoms with Crippen molar-refractivity contribution in [2.24, 2.45) is 22.2 Å². The van der Waals surface area contributed by atoms with E-state index in [9.17, 15) is 68.5 Å². The van der Waals surface area contributed by atoms with E-state index in [1.807, 2.05) is 6.92 Å². The van der Waals surface area contributed by atoms with E-state index in [4.69, 9.17) is 27.1 Å². The number of benzene rings is 1. The molecule has 0 saturated carbocycles. The maximum atomic E-state index is 13.1. The molecule has 2 aromatic rings. The molecule has 0 unspecified atom stereocenters. The fourth-order valence-corrected chi connectivity index (χ4v) is 7.41. The molecule has 2 atom stereocenters. The number of carbonyl (C=O) groups is 10. The Bertz CT molecular complexity index is 2310. The maximum Gasteiger partial charge on any atom is 0.475 e. The number of nitrogens with two attached hydrogens (primary N) is 3.